The van der Waals surface area contributed by atoms with Crippen molar-refractivity contribution in [1.29, 1.82) is 5.26 Å². The van der Waals surface area contributed by atoms with Crippen molar-refractivity contribution in [3.63, 3.8) is 0 Å². The van der Waals surface area contributed by atoms with Crippen molar-refractivity contribution in [2.24, 2.45) is 5.11 Å². The first-order valence-electron chi connectivity index (χ1n) is 5.09. The molecule has 0 N–H and O–H groups in total. The minimum atomic E-state index is -0.0132. The maximum Gasteiger partial charge on any atom is 0.204 e. The summed E-state index contributed by atoms with van der Waals surface area (Å²) in [6, 6.07) is 8.75. The van der Waals surface area contributed by atoms with E-state index in [0.29, 0.717) is 11.4 Å². The summed E-state index contributed by atoms with van der Waals surface area (Å²) < 4.78 is 6.42. The van der Waals surface area contributed by atoms with Crippen molar-refractivity contribution in [3.05, 3.63) is 45.6 Å². The number of aromatic nitrogens is 2. The topological polar surface area (TPSA) is 99.6 Å². The van der Waals surface area contributed by atoms with Gasteiger partial charge in [0.2, 0.25) is 5.95 Å². The maximum absolute atomic E-state index is 9.09. The summed E-state index contributed by atoms with van der Waals surface area (Å²) in [5.74, 6) is 0.674. The molecule has 0 bridgehead atoms. The van der Waals surface area contributed by atoms with Crippen LogP contribution in [-0.2, 0) is 0 Å². The average Bonchev–Trinajstić information content (AvgIpc) is 2.75. The molecule has 0 aliphatic heterocycles. The molecule has 0 aliphatic rings. The number of imidazole rings is 1. The Balaban J connectivity index is 2.65. The number of hydrogen-bond acceptors (Lipinski definition) is 4. The minimum Gasteiger partial charge on any atom is -0.497 e. The molecular weight excluding hydrogens is 268 g/mol. The minimum absolute atomic E-state index is 0.00853. The second-order valence-electron chi connectivity index (χ2n) is 3.39. The third kappa shape index (κ3) is 2.31. The van der Waals surface area contributed by atoms with Gasteiger partial charge in [-0.2, -0.15) is 5.26 Å². The van der Waals surface area contributed by atoms with Crippen molar-refractivity contribution in [1.82, 2.24) is 9.55 Å². The molecule has 1 heterocycles. The lowest BCUT2D eigenvalue weighted by molar-refractivity contribution is 0.414. The summed E-state index contributed by atoms with van der Waals surface area (Å²) in [7, 11) is 1.55. The number of nitrogens with zero attached hydrogens (tertiary/aromatic N) is 6. The van der Waals surface area contributed by atoms with Crippen molar-refractivity contribution >= 4 is 17.5 Å². The van der Waals surface area contributed by atoms with Crippen molar-refractivity contribution in [2.75, 3.05) is 7.11 Å². The van der Waals surface area contributed by atoms with Gasteiger partial charge in [-0.3, -0.25) is 4.57 Å². The Morgan fingerprint density at radius 2 is 2.16 bits per heavy atom. The third-order valence-corrected chi connectivity index (χ3v) is 2.65. The average molecular weight is 275 g/mol. The van der Waals surface area contributed by atoms with Crippen LogP contribution >= 0.6 is 11.6 Å². The van der Waals surface area contributed by atoms with Crippen LogP contribution in [0.25, 0.3) is 16.1 Å². The van der Waals surface area contributed by atoms with Crippen LogP contribution in [0.15, 0.2) is 29.4 Å². The van der Waals surface area contributed by atoms with E-state index < -0.39 is 0 Å². The molecule has 0 saturated heterocycles. The summed E-state index contributed by atoms with van der Waals surface area (Å²) >= 11 is 5.83. The normalized spacial score (nSPS) is 9.53. The van der Waals surface area contributed by atoms with Gasteiger partial charge in [0.05, 0.1) is 7.11 Å². The molecule has 0 amide bonds. The molecule has 0 radical (unpaired) electrons. The lowest BCUT2D eigenvalue weighted by Gasteiger charge is -2.07. The van der Waals surface area contributed by atoms with Crippen LogP contribution in [0, 0.1) is 11.3 Å². The van der Waals surface area contributed by atoms with Gasteiger partial charge in [0.1, 0.15) is 11.8 Å². The van der Waals surface area contributed by atoms with Crippen LogP contribution in [0.5, 0.6) is 5.75 Å². The lowest BCUT2D eigenvalue weighted by Crippen LogP contribution is -1.97. The monoisotopic (exact) mass is 274 g/mol. The van der Waals surface area contributed by atoms with Gasteiger partial charge in [-0.25, -0.2) is 4.98 Å². The van der Waals surface area contributed by atoms with Gasteiger partial charge in [-0.1, -0.05) is 11.6 Å². The molecule has 0 atom stereocenters. The van der Waals surface area contributed by atoms with Crippen LogP contribution in [0.3, 0.4) is 0 Å². The summed E-state index contributed by atoms with van der Waals surface area (Å²) in [5, 5.41) is 12.5. The molecule has 2 aromatic rings. The zero-order chi connectivity index (χ0) is 13.8. The Morgan fingerprint density at radius 3 is 2.68 bits per heavy atom. The Morgan fingerprint density at radius 1 is 1.47 bits per heavy atom. The van der Waals surface area contributed by atoms with E-state index in [-0.39, 0.29) is 16.8 Å². The quantitative estimate of drug-likeness (QED) is 0.487. The standard InChI is InChI=1S/C11H7ClN6O/c1-19-8-4-2-7(3-5-8)18-9(6-13)10(12)15-11(18)16-17-14/h2-5H,1H3. The van der Waals surface area contributed by atoms with E-state index >= 15 is 0 Å². The highest BCUT2D eigenvalue weighted by Crippen LogP contribution is 2.27. The molecule has 19 heavy (non-hydrogen) atoms. The molecule has 2 rings (SSSR count). The predicted octanol–water partition coefficient (Wildman–Crippen LogP) is 3.35. The molecule has 0 spiro atoms. The van der Waals surface area contributed by atoms with E-state index in [9.17, 15) is 0 Å². The highest BCUT2D eigenvalue weighted by Gasteiger charge is 2.16. The smallest absolute Gasteiger partial charge is 0.204 e. The largest absolute Gasteiger partial charge is 0.497 e. The second kappa shape index (κ2) is 5.31. The zero-order valence-corrected chi connectivity index (χ0v) is 10.5. The fraction of sp³-hybridized carbons (Fsp3) is 0.0909. The lowest BCUT2D eigenvalue weighted by atomic mass is 10.3. The fourth-order valence-corrected chi connectivity index (χ4v) is 1.76. The van der Waals surface area contributed by atoms with Gasteiger partial charge in [-0.05, 0) is 34.9 Å². The highest BCUT2D eigenvalue weighted by molar-refractivity contribution is 6.30. The van der Waals surface area contributed by atoms with Crippen LogP contribution in [0.1, 0.15) is 5.69 Å². The van der Waals surface area contributed by atoms with E-state index in [0.717, 1.165) is 0 Å². The molecular formula is C11H7ClN6O. The number of benzene rings is 1. The molecule has 0 unspecified atom stereocenters. The summed E-state index contributed by atoms with van der Waals surface area (Å²) in [6.45, 7) is 0. The molecule has 1 aromatic carbocycles. The molecule has 94 valence electrons. The number of halogens is 1. The SMILES string of the molecule is COc1ccc(-n2c(N=[N+]=[N-])nc(Cl)c2C#N)cc1. The number of methoxy groups -OCH3 is 1. The number of hydrogen-bond donors (Lipinski definition) is 0. The summed E-state index contributed by atoms with van der Waals surface area (Å²) in [6.07, 6.45) is 0. The molecule has 0 fully saturated rings. The first-order valence-corrected chi connectivity index (χ1v) is 5.47. The Hall–Kier alpha value is -2.68. The maximum atomic E-state index is 9.09. The molecule has 0 saturated carbocycles. The number of nitriles is 1. The first-order chi connectivity index (χ1) is 9.21. The summed E-state index contributed by atoms with van der Waals surface area (Å²) in [4.78, 5) is 6.51. The molecule has 8 heteroatoms. The van der Waals surface area contributed by atoms with E-state index in [1.165, 1.54) is 4.57 Å². The Kier molecular flexibility index (Phi) is 3.57. The van der Waals surface area contributed by atoms with E-state index in [4.69, 9.17) is 27.1 Å². The second-order valence-corrected chi connectivity index (χ2v) is 3.74. The molecule has 1 aromatic heterocycles. The van der Waals surface area contributed by atoms with Crippen molar-refractivity contribution in [2.45, 2.75) is 0 Å². The van der Waals surface area contributed by atoms with Gasteiger partial charge in [0, 0.05) is 10.6 Å². The van der Waals surface area contributed by atoms with Gasteiger partial charge >= 0.3 is 0 Å². The molecule has 0 aliphatic carbocycles. The van der Waals surface area contributed by atoms with Gasteiger partial charge in [0.25, 0.3) is 0 Å². The van der Waals surface area contributed by atoms with Crippen LogP contribution < -0.4 is 4.74 Å². The van der Waals surface area contributed by atoms with Crippen molar-refractivity contribution < 1.29 is 4.74 Å². The Bertz CT molecular complexity index is 693. The van der Waals surface area contributed by atoms with Gasteiger partial charge < -0.3 is 4.74 Å². The Labute approximate surface area is 113 Å². The number of rotatable bonds is 3. The fourth-order valence-electron chi connectivity index (χ4n) is 1.56. The number of ether oxygens (including phenoxy) is 1. The van der Waals surface area contributed by atoms with Gasteiger partial charge in [-0.15, -0.1) is 0 Å². The van der Waals surface area contributed by atoms with Crippen LogP contribution in [-0.4, -0.2) is 16.7 Å². The van der Waals surface area contributed by atoms with Gasteiger partial charge in [0.15, 0.2) is 10.8 Å². The zero-order valence-electron chi connectivity index (χ0n) is 9.78. The predicted molar refractivity (Wildman–Crippen MR) is 68.6 cm³/mol. The van der Waals surface area contributed by atoms with E-state index in [1.807, 2.05) is 6.07 Å². The van der Waals surface area contributed by atoms with Crippen LogP contribution in [0.2, 0.25) is 5.15 Å². The third-order valence-electron chi connectivity index (χ3n) is 2.39. The summed E-state index contributed by atoms with van der Waals surface area (Å²) in [5.41, 5.74) is 9.21. The van der Waals surface area contributed by atoms with E-state index in [1.54, 1.807) is 31.4 Å². The first kappa shape index (κ1) is 12.8. The molecule has 7 nitrogen and oxygen atoms in total. The van der Waals surface area contributed by atoms with Crippen LogP contribution in [0.4, 0.5) is 5.95 Å². The highest BCUT2D eigenvalue weighted by atomic mass is 35.5. The van der Waals surface area contributed by atoms with Crippen molar-refractivity contribution in [3.8, 4) is 17.5 Å². The number of azide groups is 1. The van der Waals surface area contributed by atoms with E-state index in [2.05, 4.69) is 15.0 Å².